The second-order valence-corrected chi connectivity index (χ2v) is 9.16. The quantitative estimate of drug-likeness (QED) is 0.398. The van der Waals surface area contributed by atoms with Crippen molar-refractivity contribution < 1.29 is 18.8 Å². The summed E-state index contributed by atoms with van der Waals surface area (Å²) in [5.41, 5.74) is 6.12. The highest BCUT2D eigenvalue weighted by Gasteiger charge is 2.52. The number of amides is 1. The first kappa shape index (κ1) is 23.0. The van der Waals surface area contributed by atoms with Crippen molar-refractivity contribution in [2.24, 2.45) is 5.73 Å². The van der Waals surface area contributed by atoms with Crippen molar-refractivity contribution in [2.45, 2.75) is 65.3 Å². The molecule has 29 heavy (non-hydrogen) atoms. The van der Waals surface area contributed by atoms with Crippen molar-refractivity contribution in [2.75, 3.05) is 6.54 Å². The van der Waals surface area contributed by atoms with E-state index in [1.165, 1.54) is 0 Å². The highest BCUT2D eigenvalue weighted by molar-refractivity contribution is 6.56. The van der Waals surface area contributed by atoms with Gasteiger partial charge in [-0.25, -0.2) is 4.79 Å². The van der Waals surface area contributed by atoms with Gasteiger partial charge in [-0.3, -0.25) is 5.41 Å². The fourth-order valence-corrected chi connectivity index (χ4v) is 2.75. The van der Waals surface area contributed by atoms with Crippen LogP contribution < -0.4 is 11.1 Å². The van der Waals surface area contributed by atoms with Crippen molar-refractivity contribution in [1.82, 2.24) is 5.32 Å². The molecule has 1 fully saturated rings. The zero-order valence-corrected chi connectivity index (χ0v) is 18.4. The standard InChI is InChI=1S/C21H32BN3O4/c1-19(2,3)27-18(26)25-13-15(22-28-20(4,5)21(6,7)29-22)12-14-10-8-9-11-16(14)17(23)24/h8-12H,13H2,1-7H3,(H3,23,24)(H,25,26). The molecular weight excluding hydrogens is 369 g/mol. The number of nitrogens with two attached hydrogens (primary N) is 1. The molecule has 7 nitrogen and oxygen atoms in total. The Balaban J connectivity index is 2.34. The number of ether oxygens (including phenoxy) is 1. The Morgan fingerprint density at radius 2 is 1.76 bits per heavy atom. The van der Waals surface area contributed by atoms with Crippen LogP contribution in [0.2, 0.25) is 0 Å². The first-order chi connectivity index (χ1) is 13.2. The number of benzene rings is 1. The van der Waals surface area contributed by atoms with Crippen LogP contribution in [0.3, 0.4) is 0 Å². The average molecular weight is 401 g/mol. The summed E-state index contributed by atoms with van der Waals surface area (Å²) in [5.74, 6) is -0.0368. The highest BCUT2D eigenvalue weighted by atomic mass is 16.7. The van der Waals surface area contributed by atoms with Crippen LogP contribution in [0, 0.1) is 5.41 Å². The Morgan fingerprint density at radius 3 is 2.28 bits per heavy atom. The number of carbonyl (C=O) groups is 1. The van der Waals surface area contributed by atoms with E-state index in [0.29, 0.717) is 11.0 Å². The molecule has 1 heterocycles. The van der Waals surface area contributed by atoms with E-state index < -0.39 is 30.0 Å². The van der Waals surface area contributed by atoms with Crippen LogP contribution in [-0.4, -0.2) is 42.4 Å². The van der Waals surface area contributed by atoms with Gasteiger partial charge in [-0.2, -0.15) is 0 Å². The van der Waals surface area contributed by atoms with Crippen LogP contribution >= 0.6 is 0 Å². The lowest BCUT2D eigenvalue weighted by Crippen LogP contribution is -2.41. The van der Waals surface area contributed by atoms with Gasteiger partial charge in [0.25, 0.3) is 0 Å². The summed E-state index contributed by atoms with van der Waals surface area (Å²) in [6, 6.07) is 7.32. The largest absolute Gasteiger partial charge is 0.492 e. The van der Waals surface area contributed by atoms with Gasteiger partial charge in [0.2, 0.25) is 0 Å². The number of nitrogens with one attached hydrogen (secondary N) is 2. The van der Waals surface area contributed by atoms with Crippen LogP contribution in [0.25, 0.3) is 6.08 Å². The Hall–Kier alpha value is -2.32. The van der Waals surface area contributed by atoms with Gasteiger partial charge in [-0.1, -0.05) is 30.3 Å². The van der Waals surface area contributed by atoms with E-state index >= 15 is 0 Å². The SMILES string of the molecule is CC(C)(C)OC(=O)NCC(=Cc1ccccc1C(=N)N)B1OC(C)(C)C(C)(C)O1. The van der Waals surface area contributed by atoms with E-state index in [0.717, 1.165) is 5.56 Å². The fraction of sp³-hybridized carbons (Fsp3) is 0.524. The monoisotopic (exact) mass is 401 g/mol. The minimum Gasteiger partial charge on any atom is -0.444 e. The number of hydrogen-bond donors (Lipinski definition) is 3. The maximum absolute atomic E-state index is 12.2. The molecule has 1 amide bonds. The molecule has 1 aromatic rings. The van der Waals surface area contributed by atoms with Gasteiger partial charge in [0, 0.05) is 12.1 Å². The number of nitrogen functional groups attached to an aromatic ring is 1. The van der Waals surface area contributed by atoms with Crippen molar-refractivity contribution in [3.8, 4) is 0 Å². The number of amidine groups is 1. The third-order valence-electron chi connectivity index (χ3n) is 4.98. The van der Waals surface area contributed by atoms with Crippen molar-refractivity contribution in [1.29, 1.82) is 5.41 Å². The molecule has 2 rings (SSSR count). The fourth-order valence-electron chi connectivity index (χ4n) is 2.75. The molecule has 0 atom stereocenters. The maximum atomic E-state index is 12.2. The minimum absolute atomic E-state index is 0.0368. The number of alkyl carbamates (subject to hydrolysis) is 1. The van der Waals surface area contributed by atoms with Gasteiger partial charge in [-0.15, -0.1) is 0 Å². The molecule has 8 heteroatoms. The van der Waals surface area contributed by atoms with Crippen LogP contribution in [-0.2, 0) is 14.0 Å². The maximum Gasteiger partial charge on any atom is 0.492 e. The minimum atomic E-state index is -0.657. The van der Waals surface area contributed by atoms with E-state index in [1.807, 2.05) is 52.0 Å². The van der Waals surface area contributed by atoms with Crippen LogP contribution in [0.4, 0.5) is 4.79 Å². The molecule has 0 saturated carbocycles. The van der Waals surface area contributed by atoms with Crippen molar-refractivity contribution in [3.63, 3.8) is 0 Å². The molecule has 0 radical (unpaired) electrons. The Labute approximate surface area is 173 Å². The van der Waals surface area contributed by atoms with E-state index in [4.69, 9.17) is 25.2 Å². The number of carbonyl (C=O) groups excluding carboxylic acids is 1. The topological polar surface area (TPSA) is 107 Å². The normalized spacial score (nSPS) is 18.4. The lowest BCUT2D eigenvalue weighted by Gasteiger charge is -2.32. The molecule has 1 aliphatic rings. The summed E-state index contributed by atoms with van der Waals surface area (Å²) in [4.78, 5) is 12.2. The van der Waals surface area contributed by atoms with Crippen LogP contribution in [0.5, 0.6) is 0 Å². The number of hydrogen-bond acceptors (Lipinski definition) is 5. The summed E-state index contributed by atoms with van der Waals surface area (Å²) in [6.45, 7) is 13.5. The van der Waals surface area contributed by atoms with E-state index in [-0.39, 0.29) is 12.4 Å². The second kappa shape index (κ2) is 8.20. The Morgan fingerprint density at radius 1 is 1.21 bits per heavy atom. The van der Waals surface area contributed by atoms with Crippen molar-refractivity contribution >= 4 is 25.1 Å². The molecule has 1 saturated heterocycles. The molecule has 4 N–H and O–H groups in total. The summed E-state index contributed by atoms with van der Waals surface area (Å²) < 4.78 is 17.7. The molecule has 1 aromatic carbocycles. The average Bonchev–Trinajstić information content (AvgIpc) is 2.77. The third kappa shape index (κ3) is 5.84. The smallest absolute Gasteiger partial charge is 0.444 e. The van der Waals surface area contributed by atoms with Gasteiger partial charge in [0.1, 0.15) is 11.4 Å². The zero-order valence-electron chi connectivity index (χ0n) is 18.4. The molecular formula is C21H32BN3O4. The molecule has 0 spiro atoms. The lowest BCUT2D eigenvalue weighted by atomic mass is 9.76. The summed E-state index contributed by atoms with van der Waals surface area (Å²) in [6.07, 6.45) is 1.32. The summed E-state index contributed by atoms with van der Waals surface area (Å²) >= 11 is 0. The van der Waals surface area contributed by atoms with E-state index in [1.54, 1.807) is 26.8 Å². The first-order valence-corrected chi connectivity index (χ1v) is 9.68. The lowest BCUT2D eigenvalue weighted by molar-refractivity contribution is 0.00578. The molecule has 0 bridgehead atoms. The molecule has 158 valence electrons. The van der Waals surface area contributed by atoms with Crippen molar-refractivity contribution in [3.05, 3.63) is 40.9 Å². The number of rotatable bonds is 5. The van der Waals surface area contributed by atoms with Crippen LogP contribution in [0.15, 0.2) is 29.7 Å². The molecule has 1 aliphatic heterocycles. The predicted molar refractivity (Wildman–Crippen MR) is 116 cm³/mol. The van der Waals surface area contributed by atoms with E-state index in [9.17, 15) is 4.79 Å². The Bertz CT molecular complexity index is 796. The molecule has 0 unspecified atom stereocenters. The molecule has 0 aliphatic carbocycles. The predicted octanol–water partition coefficient (Wildman–Crippen LogP) is 3.51. The Kier molecular flexibility index (Phi) is 6.50. The van der Waals surface area contributed by atoms with Crippen LogP contribution in [0.1, 0.15) is 59.6 Å². The van der Waals surface area contributed by atoms with E-state index in [2.05, 4.69) is 5.32 Å². The van der Waals surface area contributed by atoms with Gasteiger partial charge in [-0.05, 0) is 59.5 Å². The second-order valence-electron chi connectivity index (χ2n) is 9.16. The first-order valence-electron chi connectivity index (χ1n) is 9.68. The van der Waals surface area contributed by atoms with Gasteiger partial charge < -0.3 is 25.1 Å². The molecule has 0 aromatic heterocycles. The third-order valence-corrected chi connectivity index (χ3v) is 4.98. The zero-order chi connectivity index (χ0) is 22.0. The van der Waals surface area contributed by atoms with Gasteiger partial charge >= 0.3 is 13.2 Å². The summed E-state index contributed by atoms with van der Waals surface area (Å²) in [5, 5.41) is 10.6. The highest BCUT2D eigenvalue weighted by Crippen LogP contribution is 2.38. The van der Waals surface area contributed by atoms with Gasteiger partial charge in [0.05, 0.1) is 11.2 Å². The van der Waals surface area contributed by atoms with Gasteiger partial charge in [0.15, 0.2) is 0 Å². The summed E-state index contributed by atoms with van der Waals surface area (Å²) in [7, 11) is -0.657.